The van der Waals surface area contributed by atoms with Crippen LogP contribution in [0.2, 0.25) is 0 Å². The molecule has 0 N–H and O–H groups in total. The van der Waals surface area contributed by atoms with Crippen LogP contribution >= 0.6 is 0 Å². The van der Waals surface area contributed by atoms with Crippen LogP contribution in [0.1, 0.15) is 0 Å². The van der Waals surface area contributed by atoms with Gasteiger partial charge in [0.15, 0.2) is 0 Å². The summed E-state index contributed by atoms with van der Waals surface area (Å²) < 4.78 is 8.28. The van der Waals surface area contributed by atoms with Gasteiger partial charge in [-0.25, -0.2) is 0 Å². The molecule has 4 heavy (non-hydrogen) atoms. The van der Waals surface area contributed by atoms with E-state index in [1.165, 1.54) is 0 Å². The molecular formula is HAlCoNiO. The third-order valence-electron chi connectivity index (χ3n) is 0. The normalized spacial score (nSPS) is 0.750. The second-order valence-corrected chi connectivity index (χ2v) is 0. The molecule has 0 atom stereocenters. The van der Waals surface area contributed by atoms with Crippen molar-refractivity contribution >= 4 is 16.2 Å². The van der Waals surface area contributed by atoms with Crippen LogP contribution in [0, 0.1) is 0 Å². The Morgan fingerprint density at radius 3 is 1.25 bits per heavy atom. The molecular weight excluding hydrogens is 161 g/mol. The zero-order chi connectivity index (χ0) is 2.00. The first kappa shape index (κ1) is 18.4. The van der Waals surface area contributed by atoms with Crippen molar-refractivity contribution in [3.63, 3.8) is 0 Å². The molecule has 0 saturated heterocycles. The van der Waals surface area contributed by atoms with Gasteiger partial charge in [-0.05, 0) is 0 Å². The van der Waals surface area contributed by atoms with Gasteiger partial charge in [-0.2, -0.15) is 0 Å². The van der Waals surface area contributed by atoms with Crippen LogP contribution in [0.4, 0.5) is 0 Å². The first-order valence-electron chi connectivity index (χ1n) is 0.289. The van der Waals surface area contributed by atoms with Gasteiger partial charge in [0.25, 0.3) is 0 Å². The van der Waals surface area contributed by atoms with E-state index in [9.17, 15) is 0 Å². The molecule has 0 aliphatic carbocycles. The van der Waals surface area contributed by atoms with Crippen molar-refractivity contribution in [2.45, 2.75) is 0 Å². The summed E-state index contributed by atoms with van der Waals surface area (Å²) in [6.07, 6.45) is 0. The molecule has 0 rings (SSSR count). The molecule has 0 aromatic heterocycles. The predicted molar refractivity (Wildman–Crippen MR) is 7.84 cm³/mol. The van der Waals surface area contributed by atoms with E-state index in [1.807, 2.05) is 0 Å². The summed E-state index contributed by atoms with van der Waals surface area (Å²) in [5.74, 6) is 0. The van der Waals surface area contributed by atoms with Gasteiger partial charge in [0.2, 0.25) is 0 Å². The fraction of sp³-hybridized carbons (Fsp3) is 0. The number of rotatable bonds is 0. The molecule has 1 nitrogen and oxygen atoms in total. The molecule has 0 saturated carbocycles. The standard InChI is InChI=1S/Al.Co.Ni.O.H. The van der Waals surface area contributed by atoms with E-state index < -0.39 is 0 Å². The minimum atomic E-state index is 0. The Hall–Kier alpha value is 1.33. The van der Waals surface area contributed by atoms with Crippen molar-refractivity contribution in [1.82, 2.24) is 0 Å². The maximum absolute atomic E-state index is 8.28. The summed E-state index contributed by atoms with van der Waals surface area (Å²) in [5.41, 5.74) is 0. The van der Waals surface area contributed by atoms with E-state index in [0.29, 0.717) is 16.2 Å². The van der Waals surface area contributed by atoms with Gasteiger partial charge < -0.3 is 0 Å². The summed E-state index contributed by atoms with van der Waals surface area (Å²) in [6.45, 7) is 0. The summed E-state index contributed by atoms with van der Waals surface area (Å²) in [7, 11) is 0. The fourth-order valence-electron chi connectivity index (χ4n) is 0. The van der Waals surface area contributed by atoms with Crippen LogP contribution in [0.15, 0.2) is 0 Å². The first-order valence-corrected chi connectivity index (χ1v) is 0.866. The molecule has 0 fully saturated rings. The van der Waals surface area contributed by atoms with Crippen molar-refractivity contribution in [3.8, 4) is 0 Å². The third-order valence-corrected chi connectivity index (χ3v) is 0. The quantitative estimate of drug-likeness (QED) is 0.427. The molecule has 0 heterocycles. The average molecular weight is 162 g/mol. The number of hydrogen-bond donors (Lipinski definition) is 0. The van der Waals surface area contributed by atoms with Crippen molar-refractivity contribution in [2.24, 2.45) is 0 Å². The topological polar surface area (TPSA) is 17.1 Å². The van der Waals surface area contributed by atoms with Crippen LogP contribution in [0.5, 0.6) is 0 Å². The first-order chi connectivity index (χ1) is 1.00. The molecule has 0 unspecified atom stereocenters. The molecule has 0 spiro atoms. The van der Waals surface area contributed by atoms with E-state index >= 15 is 0 Å². The van der Waals surface area contributed by atoms with Crippen molar-refractivity contribution in [1.29, 1.82) is 0 Å². The zero-order valence-electron chi connectivity index (χ0n) is 1.76. The van der Waals surface area contributed by atoms with Gasteiger partial charge >= 0.3 is 20.0 Å². The second kappa shape index (κ2) is 27.1. The summed E-state index contributed by atoms with van der Waals surface area (Å²) in [6, 6.07) is 0. The molecule has 29 valence electrons. The van der Waals surface area contributed by atoms with Crippen LogP contribution in [0.3, 0.4) is 0 Å². The Kier molecular flexibility index (Phi) is 125. The molecule has 0 aromatic rings. The molecule has 0 aromatic carbocycles. The van der Waals surface area contributed by atoms with E-state index in [-0.39, 0.29) is 33.3 Å². The van der Waals surface area contributed by atoms with Gasteiger partial charge in [-0.3, -0.25) is 0 Å². The van der Waals surface area contributed by atoms with Gasteiger partial charge in [-0.15, -0.1) is 0 Å². The molecule has 0 amide bonds. The van der Waals surface area contributed by atoms with Crippen molar-refractivity contribution < 1.29 is 37.1 Å². The summed E-state index contributed by atoms with van der Waals surface area (Å²) >= 11 is 0.611. The fourth-order valence-corrected chi connectivity index (χ4v) is 0. The average Bonchev–Trinajstić information content (AvgIpc) is 1.00. The van der Waals surface area contributed by atoms with E-state index in [0.717, 1.165) is 0 Å². The second-order valence-electron chi connectivity index (χ2n) is 0. The Bertz CT molecular complexity index is 8.00. The monoisotopic (exact) mass is 161 g/mol. The minimum absolute atomic E-state index is 0. The Morgan fingerprint density at radius 2 is 1.25 bits per heavy atom. The Balaban J connectivity index is -0.00000000500. The van der Waals surface area contributed by atoms with E-state index in [2.05, 4.69) is 0 Å². The van der Waals surface area contributed by atoms with Gasteiger partial charge in [-0.1, -0.05) is 0 Å². The summed E-state index contributed by atoms with van der Waals surface area (Å²) in [4.78, 5) is 0. The Labute approximate surface area is 53.3 Å². The van der Waals surface area contributed by atoms with E-state index in [1.54, 1.807) is 0 Å². The van der Waals surface area contributed by atoms with Gasteiger partial charge in [0, 0.05) is 33.3 Å². The SMILES string of the molecule is [Co].[Ni].[O]=[AlH]. The molecule has 1 radical (unpaired) electrons. The zero-order valence-corrected chi connectivity index (χ0v) is 5.21. The van der Waals surface area contributed by atoms with Gasteiger partial charge in [0.1, 0.15) is 0 Å². The molecule has 0 aliphatic rings. The van der Waals surface area contributed by atoms with Crippen molar-refractivity contribution in [2.75, 3.05) is 0 Å². The molecule has 0 aliphatic heterocycles. The molecule has 4 heteroatoms. The maximum atomic E-state index is 8.28. The van der Waals surface area contributed by atoms with Crippen LogP contribution in [0.25, 0.3) is 0 Å². The van der Waals surface area contributed by atoms with Crippen LogP contribution in [-0.4, -0.2) is 16.2 Å². The van der Waals surface area contributed by atoms with E-state index in [4.69, 9.17) is 3.80 Å². The van der Waals surface area contributed by atoms with Crippen LogP contribution in [-0.2, 0) is 37.1 Å². The van der Waals surface area contributed by atoms with Crippen molar-refractivity contribution in [3.05, 3.63) is 0 Å². The Morgan fingerprint density at radius 1 is 1.25 bits per heavy atom. The van der Waals surface area contributed by atoms with Gasteiger partial charge in [0.05, 0.1) is 0 Å². The van der Waals surface area contributed by atoms with Crippen LogP contribution < -0.4 is 0 Å². The third kappa shape index (κ3) is 10.2. The summed E-state index contributed by atoms with van der Waals surface area (Å²) in [5, 5.41) is 0. The number of hydrogen-bond acceptors (Lipinski definition) is 1. The molecule has 0 bridgehead atoms. The predicted octanol–water partition coefficient (Wildman–Crippen LogP) is -0.772.